The molecule has 8 rings (SSSR count). The summed E-state index contributed by atoms with van der Waals surface area (Å²) in [5.74, 6) is 1.61. The minimum absolute atomic E-state index is 0.117. The molecule has 4 fully saturated rings. The molecule has 3 aromatic heterocycles. The van der Waals surface area contributed by atoms with Gasteiger partial charge in [-0.25, -0.2) is 9.67 Å². The molecule has 4 saturated heterocycles. The number of anilines is 1. The Balaban J connectivity index is 1.20. The molecule has 0 saturated carbocycles. The molecule has 215 valence electrons. The molecule has 12 heteroatoms. The first-order valence-electron chi connectivity index (χ1n) is 14.4. The number of halogens is 2. The van der Waals surface area contributed by atoms with Crippen LogP contribution in [0.3, 0.4) is 0 Å². The average molecular weight is 604 g/mol. The number of ether oxygens (including phenoxy) is 2. The van der Waals surface area contributed by atoms with Gasteiger partial charge in [-0.1, -0.05) is 23.2 Å². The second-order valence-electron chi connectivity index (χ2n) is 11.2. The Bertz CT molecular complexity index is 1580. The highest BCUT2D eigenvalue weighted by Crippen LogP contribution is 2.38. The topological polar surface area (TPSA) is 85.6 Å². The van der Waals surface area contributed by atoms with Crippen molar-refractivity contribution in [3.8, 4) is 17.0 Å². The number of aromatic nitrogens is 4. The number of rotatable bonds is 8. The monoisotopic (exact) mass is 603 g/mol. The Morgan fingerprint density at radius 3 is 2.60 bits per heavy atom. The lowest BCUT2D eigenvalue weighted by Gasteiger charge is -2.56. The number of hydrogen-bond acceptors (Lipinski definition) is 8. The fourth-order valence-electron chi connectivity index (χ4n) is 6.47. The number of pyridine rings is 2. The standard InChI is InChI=1S/C30H30BCl2N6O3/c1-18(29-24(32)13-34-14-25(29)33)42-22-6-7-26-23(11-22)30(36-39(26)28-4-2-3-9-41-28)19-5-8-27(35-12-19)37-15-20-10-21(16-37)38(20)31-17-40/h5-8,11-14,17-18,20-21,28H,2-4,9-10,15-16H2,1H3/t18-,20?,21?,28?/m1/s1. The van der Waals surface area contributed by atoms with Crippen LogP contribution < -0.4 is 9.64 Å². The largest absolute Gasteiger partial charge is 0.486 e. The minimum atomic E-state index is -0.387. The van der Waals surface area contributed by atoms with Crippen LogP contribution in [0.2, 0.25) is 10.0 Å². The van der Waals surface area contributed by atoms with Crippen molar-refractivity contribution in [3.63, 3.8) is 0 Å². The van der Waals surface area contributed by atoms with Gasteiger partial charge in [0.25, 0.3) is 7.41 Å². The van der Waals surface area contributed by atoms with Gasteiger partial charge in [-0.05, 0) is 62.9 Å². The molecular weight excluding hydrogens is 574 g/mol. The quantitative estimate of drug-likeness (QED) is 0.187. The van der Waals surface area contributed by atoms with Crippen molar-refractivity contribution in [2.24, 2.45) is 0 Å². The SMILES string of the molecule is C[C@@H](Oc1ccc2c(c1)c(-c1ccc(N3CC4CC(C3)N4[B]C=O)nc1)nn2C1CCCCO1)c1c(Cl)cncc1Cl. The molecule has 2 bridgehead atoms. The van der Waals surface area contributed by atoms with Gasteiger partial charge in [0.05, 0.1) is 21.7 Å². The summed E-state index contributed by atoms with van der Waals surface area (Å²) in [5.41, 5.74) is 3.41. The summed E-state index contributed by atoms with van der Waals surface area (Å²) in [5, 5.41) is 6.95. The third-order valence-corrected chi connectivity index (χ3v) is 9.15. The van der Waals surface area contributed by atoms with E-state index in [9.17, 15) is 4.79 Å². The summed E-state index contributed by atoms with van der Waals surface area (Å²) in [4.78, 5) is 24.3. The van der Waals surface area contributed by atoms with Crippen molar-refractivity contribution in [1.82, 2.24) is 24.6 Å². The number of piperazine rings is 1. The smallest absolute Gasteiger partial charge is 0.293 e. The third-order valence-electron chi connectivity index (χ3n) is 8.54. The fraction of sp³-hybridized carbons (Fsp3) is 0.400. The van der Waals surface area contributed by atoms with Gasteiger partial charge in [0.1, 0.15) is 23.4 Å². The van der Waals surface area contributed by atoms with E-state index in [0.717, 1.165) is 79.5 Å². The van der Waals surface area contributed by atoms with E-state index in [1.165, 1.54) is 0 Å². The molecule has 42 heavy (non-hydrogen) atoms. The molecular formula is C30H30BCl2N6O3. The van der Waals surface area contributed by atoms with E-state index in [-0.39, 0.29) is 12.3 Å². The van der Waals surface area contributed by atoms with Crippen LogP contribution in [-0.2, 0) is 9.53 Å². The molecule has 7 heterocycles. The first-order chi connectivity index (χ1) is 20.5. The summed E-state index contributed by atoms with van der Waals surface area (Å²) in [6.45, 7) is 4.35. The molecule has 4 atom stereocenters. The lowest BCUT2D eigenvalue weighted by Crippen LogP contribution is -2.70. The van der Waals surface area contributed by atoms with E-state index in [1.54, 1.807) is 19.8 Å². The molecule has 4 aliphatic rings. The van der Waals surface area contributed by atoms with Gasteiger partial charge in [-0.3, -0.25) is 4.98 Å². The van der Waals surface area contributed by atoms with E-state index < -0.39 is 0 Å². The predicted molar refractivity (Wildman–Crippen MR) is 164 cm³/mol. The van der Waals surface area contributed by atoms with Gasteiger partial charge in [-0.15, -0.1) is 0 Å². The number of nitrogens with zero attached hydrogens (tertiary/aromatic N) is 6. The summed E-state index contributed by atoms with van der Waals surface area (Å²) >= 11 is 12.8. The summed E-state index contributed by atoms with van der Waals surface area (Å²) in [6.07, 6.45) is 9.61. The molecule has 0 spiro atoms. The van der Waals surface area contributed by atoms with Crippen molar-refractivity contribution in [2.45, 2.75) is 57.0 Å². The van der Waals surface area contributed by atoms with Crippen LogP contribution in [0.25, 0.3) is 22.2 Å². The zero-order chi connectivity index (χ0) is 28.8. The molecule has 9 nitrogen and oxygen atoms in total. The molecule has 1 radical (unpaired) electrons. The van der Waals surface area contributed by atoms with Crippen LogP contribution in [0.4, 0.5) is 5.82 Å². The number of carbonyl (C=O) groups excluding carboxylic acids is 1. The van der Waals surface area contributed by atoms with Crippen molar-refractivity contribution < 1.29 is 14.3 Å². The molecule has 0 N–H and O–H groups in total. The van der Waals surface area contributed by atoms with Crippen LogP contribution in [0, 0.1) is 0 Å². The first-order valence-corrected chi connectivity index (χ1v) is 15.1. The van der Waals surface area contributed by atoms with E-state index in [1.807, 2.05) is 36.0 Å². The highest BCUT2D eigenvalue weighted by molar-refractivity contribution is 6.64. The lowest BCUT2D eigenvalue weighted by molar-refractivity contribution is -0.0365. The van der Waals surface area contributed by atoms with Crippen molar-refractivity contribution in [3.05, 3.63) is 64.5 Å². The van der Waals surface area contributed by atoms with Crippen LogP contribution in [-0.4, -0.2) is 69.9 Å². The van der Waals surface area contributed by atoms with Gasteiger partial charge in [-0.2, -0.15) is 5.10 Å². The molecule has 0 amide bonds. The molecule has 4 aliphatic heterocycles. The Hall–Kier alpha value is -3.18. The van der Waals surface area contributed by atoms with Gasteiger partial charge in [0.15, 0.2) is 6.23 Å². The maximum Gasteiger partial charge on any atom is 0.293 e. The normalized spacial score (nSPS) is 22.9. The zero-order valence-electron chi connectivity index (χ0n) is 23.2. The van der Waals surface area contributed by atoms with Gasteiger partial charge < -0.3 is 24.0 Å². The van der Waals surface area contributed by atoms with E-state index in [0.29, 0.717) is 33.4 Å². The summed E-state index contributed by atoms with van der Waals surface area (Å²) < 4.78 is 14.5. The van der Waals surface area contributed by atoms with Crippen molar-refractivity contribution in [2.75, 3.05) is 24.6 Å². The number of piperidine rings is 1. The minimum Gasteiger partial charge on any atom is -0.486 e. The zero-order valence-corrected chi connectivity index (χ0v) is 24.7. The Morgan fingerprint density at radius 1 is 1.10 bits per heavy atom. The Labute approximate surface area is 255 Å². The number of benzene rings is 1. The van der Waals surface area contributed by atoms with E-state index >= 15 is 0 Å². The second-order valence-corrected chi connectivity index (χ2v) is 12.0. The van der Waals surface area contributed by atoms with Crippen molar-refractivity contribution in [1.29, 1.82) is 0 Å². The average Bonchev–Trinajstić information content (AvgIpc) is 3.39. The fourth-order valence-corrected chi connectivity index (χ4v) is 7.14. The molecule has 1 aromatic carbocycles. The first kappa shape index (κ1) is 27.6. The molecule has 3 unspecified atom stereocenters. The summed E-state index contributed by atoms with van der Waals surface area (Å²) in [7, 11) is 1.67. The van der Waals surface area contributed by atoms with E-state index in [2.05, 4.69) is 26.8 Å². The van der Waals surface area contributed by atoms with E-state index in [4.69, 9.17) is 42.8 Å². The third kappa shape index (κ3) is 5.04. The predicted octanol–water partition coefficient (Wildman–Crippen LogP) is 5.71. The van der Waals surface area contributed by atoms with Gasteiger partial charge >= 0.3 is 0 Å². The van der Waals surface area contributed by atoms with Crippen LogP contribution in [0.1, 0.15) is 50.5 Å². The van der Waals surface area contributed by atoms with Crippen LogP contribution >= 0.6 is 23.2 Å². The summed E-state index contributed by atoms with van der Waals surface area (Å²) in [6, 6.07) is 10.9. The number of fused-ring (bicyclic) bond motifs is 3. The second kappa shape index (κ2) is 11.5. The highest BCUT2D eigenvalue weighted by Gasteiger charge is 2.44. The Morgan fingerprint density at radius 2 is 1.90 bits per heavy atom. The highest BCUT2D eigenvalue weighted by atomic mass is 35.5. The van der Waals surface area contributed by atoms with Gasteiger partial charge in [0.2, 0.25) is 0 Å². The van der Waals surface area contributed by atoms with Crippen LogP contribution in [0.15, 0.2) is 48.9 Å². The number of hydrogen-bond donors (Lipinski definition) is 0. The van der Waals surface area contributed by atoms with Gasteiger partial charge in [0, 0.05) is 66.9 Å². The Kier molecular flexibility index (Phi) is 7.56. The lowest BCUT2D eigenvalue weighted by atomic mass is 9.76. The van der Waals surface area contributed by atoms with Crippen molar-refractivity contribution >= 4 is 53.5 Å². The van der Waals surface area contributed by atoms with Crippen LogP contribution in [0.5, 0.6) is 5.75 Å². The molecule has 4 aromatic rings. The maximum absolute atomic E-state index is 11.0. The maximum atomic E-state index is 11.0. The number of carbonyl (C=O) groups is 1. The molecule has 0 aliphatic carbocycles.